The molecule has 0 aromatic heterocycles. The molecular formula is C20H32N2OS. The Labute approximate surface area is 151 Å². The summed E-state index contributed by atoms with van der Waals surface area (Å²) in [7, 11) is 0. The summed E-state index contributed by atoms with van der Waals surface area (Å²) in [4.78, 5) is 13.5. The normalized spacial score (nSPS) is 27.7. The van der Waals surface area contributed by atoms with E-state index in [1.807, 2.05) is 12.1 Å². The molecule has 134 valence electrons. The van der Waals surface area contributed by atoms with E-state index in [-0.39, 0.29) is 22.9 Å². The van der Waals surface area contributed by atoms with E-state index in [0.29, 0.717) is 11.8 Å². The first-order valence-corrected chi connectivity index (χ1v) is 9.73. The second-order valence-corrected chi connectivity index (χ2v) is 9.14. The van der Waals surface area contributed by atoms with Crippen molar-refractivity contribution in [3.8, 4) is 0 Å². The molecule has 4 heteroatoms. The van der Waals surface area contributed by atoms with Gasteiger partial charge in [-0.2, -0.15) is 0 Å². The minimum absolute atomic E-state index is 0.0932. The van der Waals surface area contributed by atoms with Crippen molar-refractivity contribution >= 4 is 18.0 Å². The van der Waals surface area contributed by atoms with Crippen molar-refractivity contribution in [1.82, 2.24) is 10.0 Å². The van der Waals surface area contributed by atoms with Crippen LogP contribution in [0.4, 0.5) is 4.79 Å². The summed E-state index contributed by atoms with van der Waals surface area (Å²) in [6.45, 7) is 15.9. The van der Waals surface area contributed by atoms with E-state index < -0.39 is 0 Å². The molecule has 3 nitrogen and oxygen atoms in total. The number of benzene rings is 1. The van der Waals surface area contributed by atoms with Crippen LogP contribution in [0, 0.1) is 29.6 Å². The van der Waals surface area contributed by atoms with E-state index in [0.717, 1.165) is 11.3 Å². The van der Waals surface area contributed by atoms with Crippen molar-refractivity contribution < 1.29 is 4.79 Å². The number of nitrogens with one attached hydrogen (secondary N) is 2. The maximum atomic E-state index is 12.4. The Bertz CT molecular complexity index is 580. The van der Waals surface area contributed by atoms with Crippen molar-refractivity contribution in [3.63, 3.8) is 0 Å². The topological polar surface area (TPSA) is 41.1 Å². The number of aryl methyl sites for hydroxylation is 1. The lowest BCUT2D eigenvalue weighted by Gasteiger charge is -2.40. The summed E-state index contributed by atoms with van der Waals surface area (Å²) in [6.07, 6.45) is 1.08. The molecule has 0 bridgehead atoms. The standard InChI is InChI=1S/C20H32N2OS/c1-8-16-17(14(3)19(4,5)20(16,6)7)21-18(23)22-24-15-11-9-13(2)10-12-15/h9-12,14,16-17H,8H2,1-7H3,(H2,21,22,23). The average molecular weight is 349 g/mol. The van der Waals surface area contributed by atoms with Gasteiger partial charge in [-0.05, 0) is 53.7 Å². The van der Waals surface area contributed by atoms with Crippen molar-refractivity contribution in [3.05, 3.63) is 29.8 Å². The van der Waals surface area contributed by atoms with Gasteiger partial charge < -0.3 is 5.32 Å². The van der Waals surface area contributed by atoms with Crippen LogP contribution in [0.5, 0.6) is 0 Å². The lowest BCUT2D eigenvalue weighted by molar-refractivity contribution is 0.0812. The van der Waals surface area contributed by atoms with Gasteiger partial charge in [-0.1, -0.05) is 65.7 Å². The summed E-state index contributed by atoms with van der Waals surface area (Å²) >= 11 is 1.37. The zero-order valence-corrected chi connectivity index (χ0v) is 16.9. The minimum atomic E-state index is -0.0932. The second kappa shape index (κ2) is 6.99. The Morgan fingerprint density at radius 3 is 2.25 bits per heavy atom. The van der Waals surface area contributed by atoms with Crippen LogP contribution in [-0.4, -0.2) is 12.1 Å². The molecule has 0 radical (unpaired) electrons. The lowest BCUT2D eigenvalue weighted by atomic mass is 9.64. The molecule has 1 aliphatic carbocycles. The maximum absolute atomic E-state index is 12.4. The molecule has 0 aliphatic heterocycles. The molecule has 3 atom stereocenters. The summed E-state index contributed by atoms with van der Waals surface area (Å²) in [5.74, 6) is 0.921. The lowest BCUT2D eigenvalue weighted by Crippen LogP contribution is -2.45. The molecule has 2 amide bonds. The molecule has 2 N–H and O–H groups in total. The van der Waals surface area contributed by atoms with E-state index in [2.05, 4.69) is 70.6 Å². The highest BCUT2D eigenvalue weighted by Crippen LogP contribution is 2.59. The maximum Gasteiger partial charge on any atom is 0.325 e. The Balaban J connectivity index is 2.01. The number of urea groups is 1. The molecule has 3 unspecified atom stereocenters. The van der Waals surface area contributed by atoms with Crippen LogP contribution in [0.3, 0.4) is 0 Å². The zero-order chi connectivity index (χ0) is 18.1. The Morgan fingerprint density at radius 1 is 1.12 bits per heavy atom. The Hall–Kier alpha value is -1.16. The largest absolute Gasteiger partial charge is 0.334 e. The molecule has 2 rings (SSSR count). The van der Waals surface area contributed by atoms with Gasteiger partial charge in [0.15, 0.2) is 0 Å². The van der Waals surface area contributed by atoms with Crippen molar-refractivity contribution in [2.45, 2.75) is 65.8 Å². The number of carbonyl (C=O) groups is 1. The van der Waals surface area contributed by atoms with Crippen LogP contribution in [0.2, 0.25) is 0 Å². The smallest absolute Gasteiger partial charge is 0.325 e. The van der Waals surface area contributed by atoms with Crippen LogP contribution in [-0.2, 0) is 0 Å². The average Bonchev–Trinajstić information content (AvgIpc) is 2.64. The third-order valence-electron chi connectivity index (χ3n) is 6.72. The molecule has 0 heterocycles. The minimum Gasteiger partial charge on any atom is -0.334 e. The molecule has 1 fully saturated rings. The molecular weight excluding hydrogens is 316 g/mol. The van der Waals surface area contributed by atoms with Gasteiger partial charge in [0.1, 0.15) is 0 Å². The fourth-order valence-corrected chi connectivity index (χ4v) is 4.73. The number of carbonyl (C=O) groups excluding carboxylic acids is 1. The van der Waals surface area contributed by atoms with Gasteiger partial charge in [0, 0.05) is 10.9 Å². The van der Waals surface area contributed by atoms with Crippen LogP contribution in [0.15, 0.2) is 29.2 Å². The van der Waals surface area contributed by atoms with Crippen molar-refractivity contribution in [2.75, 3.05) is 0 Å². The molecule has 1 saturated carbocycles. The van der Waals surface area contributed by atoms with Crippen LogP contribution in [0.25, 0.3) is 0 Å². The SMILES string of the molecule is CCC1C(NC(=O)NSc2ccc(C)cc2)C(C)C(C)(C)C1(C)C. The predicted octanol–water partition coefficient (Wildman–Crippen LogP) is 5.40. The molecule has 1 aromatic carbocycles. The van der Waals surface area contributed by atoms with Gasteiger partial charge in [0.2, 0.25) is 0 Å². The molecule has 0 saturated heterocycles. The predicted molar refractivity (Wildman–Crippen MR) is 103 cm³/mol. The third kappa shape index (κ3) is 3.44. The van der Waals surface area contributed by atoms with E-state index in [1.54, 1.807) is 0 Å². The highest BCUT2D eigenvalue weighted by Gasteiger charge is 2.57. The van der Waals surface area contributed by atoms with E-state index >= 15 is 0 Å². The van der Waals surface area contributed by atoms with Crippen molar-refractivity contribution in [2.24, 2.45) is 22.7 Å². The van der Waals surface area contributed by atoms with Gasteiger partial charge in [-0.25, -0.2) is 4.79 Å². The van der Waals surface area contributed by atoms with Crippen molar-refractivity contribution in [1.29, 1.82) is 0 Å². The highest BCUT2D eigenvalue weighted by atomic mass is 32.2. The molecule has 24 heavy (non-hydrogen) atoms. The number of amides is 2. The van der Waals surface area contributed by atoms with Gasteiger partial charge in [-0.3, -0.25) is 4.72 Å². The first-order valence-electron chi connectivity index (χ1n) is 8.91. The van der Waals surface area contributed by atoms with E-state index in [1.165, 1.54) is 17.5 Å². The zero-order valence-electron chi connectivity index (χ0n) is 16.1. The molecule has 1 aromatic rings. The Morgan fingerprint density at radius 2 is 1.71 bits per heavy atom. The second-order valence-electron chi connectivity index (χ2n) is 8.26. The van der Waals surface area contributed by atoms with Crippen LogP contribution in [0.1, 0.15) is 53.5 Å². The fourth-order valence-electron chi connectivity index (χ4n) is 4.19. The van der Waals surface area contributed by atoms with Gasteiger partial charge in [-0.15, -0.1) is 0 Å². The van der Waals surface area contributed by atoms with Gasteiger partial charge in [0.25, 0.3) is 0 Å². The summed E-state index contributed by atoms with van der Waals surface area (Å²) in [5, 5.41) is 3.25. The number of hydrogen-bond acceptors (Lipinski definition) is 2. The summed E-state index contributed by atoms with van der Waals surface area (Å²) < 4.78 is 2.93. The van der Waals surface area contributed by atoms with Gasteiger partial charge >= 0.3 is 6.03 Å². The quantitative estimate of drug-likeness (QED) is 0.715. The summed E-state index contributed by atoms with van der Waals surface area (Å²) in [6, 6.07) is 8.28. The number of rotatable bonds is 4. The van der Waals surface area contributed by atoms with Crippen LogP contribution >= 0.6 is 11.9 Å². The van der Waals surface area contributed by atoms with E-state index in [4.69, 9.17) is 0 Å². The van der Waals surface area contributed by atoms with Gasteiger partial charge in [0.05, 0.1) is 0 Å². The Kier molecular flexibility index (Phi) is 5.58. The number of hydrogen-bond donors (Lipinski definition) is 2. The highest BCUT2D eigenvalue weighted by molar-refractivity contribution is 7.98. The fraction of sp³-hybridized carbons (Fsp3) is 0.650. The third-order valence-corrected chi connectivity index (χ3v) is 7.51. The first-order chi connectivity index (χ1) is 11.1. The molecule has 0 spiro atoms. The summed E-state index contributed by atoms with van der Waals surface area (Å²) in [5.41, 5.74) is 1.61. The van der Waals surface area contributed by atoms with E-state index in [9.17, 15) is 4.79 Å². The first kappa shape index (κ1) is 19.2. The van der Waals surface area contributed by atoms with Crippen LogP contribution < -0.4 is 10.0 Å². The molecule has 1 aliphatic rings. The monoisotopic (exact) mass is 348 g/mol.